The van der Waals surface area contributed by atoms with Crippen LogP contribution in [0.3, 0.4) is 0 Å². The van der Waals surface area contributed by atoms with Gasteiger partial charge in [-0.2, -0.15) is 0 Å². The predicted molar refractivity (Wildman–Crippen MR) is 87.7 cm³/mol. The Morgan fingerprint density at radius 3 is 2.92 bits per heavy atom. The minimum atomic E-state index is -1.46. The number of anilines is 1. The second-order valence-corrected chi connectivity index (χ2v) is 5.84. The molecule has 1 unspecified atom stereocenters. The summed E-state index contributed by atoms with van der Waals surface area (Å²) >= 11 is 0. The van der Waals surface area contributed by atoms with Crippen molar-refractivity contribution >= 4 is 17.6 Å². The Labute approximate surface area is 143 Å². The molecule has 1 amide bonds. The summed E-state index contributed by atoms with van der Waals surface area (Å²) in [6, 6.07) is 7.15. The van der Waals surface area contributed by atoms with E-state index in [1.807, 2.05) is 0 Å². The van der Waals surface area contributed by atoms with E-state index in [0.717, 1.165) is 0 Å². The standard InChI is InChI=1S/C17H16N4O4/c1-3-24-15(22)12-13(18)25-14-11(8(2)20-21-14)17(12)9-6-4-5-7-10(9)19-16(17)23/h4-7H,3,18H2,1-2H3,(H,19,23)(H,20,21). The zero-order valence-corrected chi connectivity index (χ0v) is 13.7. The Hall–Kier alpha value is -3.29. The number of hydrogen-bond donors (Lipinski definition) is 3. The largest absolute Gasteiger partial charge is 0.462 e. The molecule has 0 bridgehead atoms. The lowest BCUT2D eigenvalue weighted by molar-refractivity contribution is -0.140. The summed E-state index contributed by atoms with van der Waals surface area (Å²) in [7, 11) is 0. The van der Waals surface area contributed by atoms with Crippen LogP contribution in [0, 0.1) is 6.92 Å². The summed E-state index contributed by atoms with van der Waals surface area (Å²) < 4.78 is 10.7. The van der Waals surface area contributed by atoms with Crippen molar-refractivity contribution in [2.45, 2.75) is 19.3 Å². The predicted octanol–water partition coefficient (Wildman–Crippen LogP) is 1.08. The lowest BCUT2D eigenvalue weighted by Crippen LogP contribution is -2.46. The third-order valence-electron chi connectivity index (χ3n) is 4.52. The van der Waals surface area contributed by atoms with Crippen LogP contribution >= 0.6 is 0 Å². The fourth-order valence-electron chi connectivity index (χ4n) is 3.60. The van der Waals surface area contributed by atoms with Gasteiger partial charge in [0, 0.05) is 16.9 Å². The number of aromatic nitrogens is 2. The molecular formula is C17H16N4O4. The number of aryl methyl sites for hydroxylation is 1. The third kappa shape index (κ3) is 1.79. The van der Waals surface area contributed by atoms with Crippen LogP contribution in [-0.4, -0.2) is 28.7 Å². The first-order chi connectivity index (χ1) is 12.0. The van der Waals surface area contributed by atoms with Gasteiger partial charge in [-0.25, -0.2) is 4.79 Å². The van der Waals surface area contributed by atoms with Crippen LogP contribution in [0.25, 0.3) is 0 Å². The zero-order chi connectivity index (χ0) is 17.8. The summed E-state index contributed by atoms with van der Waals surface area (Å²) in [5.41, 5.74) is 6.83. The smallest absolute Gasteiger partial charge is 0.341 e. The molecule has 8 nitrogen and oxygen atoms in total. The van der Waals surface area contributed by atoms with Crippen LogP contribution in [0.4, 0.5) is 5.69 Å². The zero-order valence-electron chi connectivity index (χ0n) is 13.7. The van der Waals surface area contributed by atoms with Crippen molar-refractivity contribution in [3.8, 4) is 5.88 Å². The SMILES string of the molecule is CCOC(=O)C1=C(N)Oc2n[nH]c(C)c2C12C(=O)Nc1ccccc12. The molecule has 0 radical (unpaired) electrons. The molecule has 2 aliphatic heterocycles. The normalized spacial score (nSPS) is 20.8. The molecule has 1 spiro atoms. The minimum Gasteiger partial charge on any atom is -0.462 e. The maximum atomic E-state index is 13.2. The van der Waals surface area contributed by atoms with E-state index in [-0.39, 0.29) is 23.9 Å². The Bertz CT molecular complexity index is 946. The summed E-state index contributed by atoms with van der Waals surface area (Å²) in [6.45, 7) is 3.59. The molecule has 0 aliphatic carbocycles. The van der Waals surface area contributed by atoms with Crippen molar-refractivity contribution in [3.05, 3.63) is 52.5 Å². The van der Waals surface area contributed by atoms with Crippen molar-refractivity contribution < 1.29 is 19.1 Å². The number of aromatic amines is 1. The lowest BCUT2D eigenvalue weighted by Gasteiger charge is -2.33. The number of fused-ring (bicyclic) bond motifs is 4. The van der Waals surface area contributed by atoms with Gasteiger partial charge in [-0.1, -0.05) is 18.2 Å². The van der Waals surface area contributed by atoms with E-state index in [1.54, 1.807) is 38.1 Å². The second-order valence-electron chi connectivity index (χ2n) is 5.84. The van der Waals surface area contributed by atoms with Crippen LogP contribution in [0.15, 0.2) is 35.7 Å². The average molecular weight is 340 g/mol. The van der Waals surface area contributed by atoms with E-state index >= 15 is 0 Å². The summed E-state index contributed by atoms with van der Waals surface area (Å²) in [5, 5.41) is 9.71. The third-order valence-corrected chi connectivity index (χ3v) is 4.52. The Balaban J connectivity index is 2.10. The quantitative estimate of drug-likeness (QED) is 0.704. The fraction of sp³-hybridized carbons (Fsp3) is 0.235. The molecule has 1 aromatic carbocycles. The molecule has 2 aliphatic rings. The Morgan fingerprint density at radius 1 is 1.40 bits per heavy atom. The number of nitrogens with zero attached hydrogens (tertiary/aromatic N) is 1. The van der Waals surface area contributed by atoms with Gasteiger partial charge < -0.3 is 20.5 Å². The van der Waals surface area contributed by atoms with Crippen LogP contribution in [0.1, 0.15) is 23.7 Å². The van der Waals surface area contributed by atoms with E-state index in [9.17, 15) is 9.59 Å². The number of para-hydroxylation sites is 1. The van der Waals surface area contributed by atoms with Gasteiger partial charge in [0.25, 0.3) is 0 Å². The highest BCUT2D eigenvalue weighted by atomic mass is 16.5. The number of hydrogen-bond acceptors (Lipinski definition) is 6. The van der Waals surface area contributed by atoms with Gasteiger partial charge in [0.2, 0.25) is 17.7 Å². The van der Waals surface area contributed by atoms with Crippen molar-refractivity contribution in [2.75, 3.05) is 11.9 Å². The maximum Gasteiger partial charge on any atom is 0.341 e. The second kappa shape index (κ2) is 5.10. The number of nitrogens with two attached hydrogens (primary N) is 1. The van der Waals surface area contributed by atoms with Crippen molar-refractivity contribution in [1.82, 2.24) is 10.2 Å². The van der Waals surface area contributed by atoms with Crippen LogP contribution in [-0.2, 0) is 19.7 Å². The summed E-state index contributed by atoms with van der Waals surface area (Å²) in [4.78, 5) is 25.9. The van der Waals surface area contributed by atoms with Gasteiger partial charge in [-0.05, 0) is 19.9 Å². The molecule has 3 heterocycles. The molecule has 2 aromatic rings. The number of ether oxygens (including phenoxy) is 2. The number of esters is 1. The summed E-state index contributed by atoms with van der Waals surface area (Å²) in [5.74, 6) is -1.11. The van der Waals surface area contributed by atoms with Crippen LogP contribution in [0.2, 0.25) is 0 Å². The van der Waals surface area contributed by atoms with E-state index in [1.165, 1.54) is 0 Å². The van der Waals surface area contributed by atoms with E-state index in [2.05, 4.69) is 15.5 Å². The van der Waals surface area contributed by atoms with Gasteiger partial charge in [0.15, 0.2) is 0 Å². The number of amides is 1. The molecule has 8 heteroatoms. The molecule has 0 fully saturated rings. The molecular weight excluding hydrogens is 324 g/mol. The van der Waals surface area contributed by atoms with Gasteiger partial charge >= 0.3 is 5.97 Å². The van der Waals surface area contributed by atoms with Crippen LogP contribution < -0.4 is 15.8 Å². The average Bonchev–Trinajstić information content (AvgIpc) is 3.07. The highest BCUT2D eigenvalue weighted by molar-refractivity contribution is 6.17. The van der Waals surface area contributed by atoms with Gasteiger partial charge in [-0.3, -0.25) is 9.89 Å². The first kappa shape index (κ1) is 15.3. The monoisotopic (exact) mass is 340 g/mol. The minimum absolute atomic E-state index is 0.0335. The van der Waals surface area contributed by atoms with Crippen molar-refractivity contribution in [3.63, 3.8) is 0 Å². The highest BCUT2D eigenvalue weighted by Crippen LogP contribution is 2.53. The number of nitrogens with one attached hydrogen (secondary N) is 2. The van der Waals surface area contributed by atoms with Crippen molar-refractivity contribution in [1.29, 1.82) is 0 Å². The molecule has 0 saturated heterocycles. The van der Waals surface area contributed by atoms with Gasteiger partial charge in [-0.15, -0.1) is 5.10 Å². The number of benzene rings is 1. The molecule has 4 rings (SSSR count). The first-order valence-corrected chi connectivity index (χ1v) is 7.83. The first-order valence-electron chi connectivity index (χ1n) is 7.83. The molecule has 1 atom stereocenters. The Kier molecular flexibility index (Phi) is 3.11. The molecule has 25 heavy (non-hydrogen) atoms. The molecule has 4 N–H and O–H groups in total. The number of H-pyrrole nitrogens is 1. The van der Waals surface area contributed by atoms with E-state index < -0.39 is 17.3 Å². The number of rotatable bonds is 2. The van der Waals surface area contributed by atoms with E-state index in [0.29, 0.717) is 22.5 Å². The highest BCUT2D eigenvalue weighted by Gasteiger charge is 2.60. The molecule has 128 valence electrons. The Morgan fingerprint density at radius 2 is 2.16 bits per heavy atom. The van der Waals surface area contributed by atoms with Crippen molar-refractivity contribution in [2.24, 2.45) is 5.73 Å². The topological polar surface area (TPSA) is 119 Å². The fourth-order valence-corrected chi connectivity index (χ4v) is 3.60. The van der Waals surface area contributed by atoms with Gasteiger partial charge in [0.1, 0.15) is 11.0 Å². The van der Waals surface area contributed by atoms with Crippen LogP contribution in [0.5, 0.6) is 5.88 Å². The number of carbonyl (C=O) groups is 2. The lowest BCUT2D eigenvalue weighted by atomic mass is 9.68. The molecule has 1 aromatic heterocycles. The summed E-state index contributed by atoms with van der Waals surface area (Å²) in [6.07, 6.45) is 0. The maximum absolute atomic E-state index is 13.2. The molecule has 0 saturated carbocycles. The number of carbonyl (C=O) groups excluding carboxylic acids is 2. The van der Waals surface area contributed by atoms with E-state index in [4.69, 9.17) is 15.2 Å². The van der Waals surface area contributed by atoms with Gasteiger partial charge in [0.05, 0.1) is 12.2 Å².